The van der Waals surface area contributed by atoms with E-state index in [2.05, 4.69) is 165 Å². The highest BCUT2D eigenvalue weighted by molar-refractivity contribution is 6.30. The average Bonchev–Trinajstić information content (AvgIpc) is 3.88. The van der Waals surface area contributed by atoms with E-state index in [9.17, 15) is 0 Å². The largest absolute Gasteiger partial charge is 0.309 e. The van der Waals surface area contributed by atoms with Gasteiger partial charge in [0.15, 0.2) is 11.6 Å². The highest BCUT2D eigenvalue weighted by Crippen LogP contribution is 2.35. The maximum atomic E-state index is 6.39. The average molecular weight is 864 g/mol. The molecular weight excluding hydrogens is 828 g/mol. The third kappa shape index (κ3) is 7.35. The first kappa shape index (κ1) is 39.0. The quantitative estimate of drug-likeness (QED) is 0.156. The van der Waals surface area contributed by atoms with Crippen molar-refractivity contribution in [1.29, 1.82) is 0 Å². The van der Waals surface area contributed by atoms with Gasteiger partial charge < -0.3 is 9.13 Å². The molecule has 6 nitrogen and oxygen atoms in total. The van der Waals surface area contributed by atoms with Crippen LogP contribution in [0, 0.1) is 0 Å². The summed E-state index contributed by atoms with van der Waals surface area (Å²) in [6, 6.07) is 74.3. The van der Waals surface area contributed by atoms with Crippen molar-refractivity contribution < 1.29 is 0 Å². The van der Waals surface area contributed by atoms with E-state index in [1.54, 1.807) is 0 Å². The van der Waals surface area contributed by atoms with Crippen LogP contribution in [0.5, 0.6) is 0 Å². The van der Waals surface area contributed by atoms with Crippen LogP contribution in [0.1, 0.15) is 0 Å². The van der Waals surface area contributed by atoms with E-state index >= 15 is 0 Å². The number of aromatic nitrogens is 6. The minimum absolute atomic E-state index is 0.427. The molecule has 0 N–H and O–H groups in total. The van der Waals surface area contributed by atoms with Crippen molar-refractivity contribution >= 4 is 66.8 Å². The van der Waals surface area contributed by atoms with Crippen molar-refractivity contribution in [3.63, 3.8) is 0 Å². The molecule has 0 aliphatic rings. The second-order valence-corrected chi connectivity index (χ2v) is 16.1. The van der Waals surface area contributed by atoms with Crippen molar-refractivity contribution in [2.24, 2.45) is 0 Å². The number of para-hydroxylation sites is 4. The zero-order valence-electron chi connectivity index (χ0n) is 34.2. The summed E-state index contributed by atoms with van der Waals surface area (Å²) in [5.74, 6) is 1.24. The molecule has 0 unspecified atom stereocenters. The van der Waals surface area contributed by atoms with Crippen LogP contribution in [0.25, 0.3) is 100 Å². The van der Waals surface area contributed by atoms with Gasteiger partial charge in [0.1, 0.15) is 10.3 Å². The van der Waals surface area contributed by atoms with Crippen LogP contribution in [0.3, 0.4) is 0 Å². The van der Waals surface area contributed by atoms with Crippen LogP contribution in [0.2, 0.25) is 10.3 Å². The summed E-state index contributed by atoms with van der Waals surface area (Å²) in [4.78, 5) is 18.5. The Balaban J connectivity index is 0.000000143. The lowest BCUT2D eigenvalue weighted by molar-refractivity contribution is 1.16. The van der Waals surface area contributed by atoms with Crippen molar-refractivity contribution in [2.75, 3.05) is 0 Å². The summed E-state index contributed by atoms with van der Waals surface area (Å²) >= 11 is 12.8. The van der Waals surface area contributed by atoms with Crippen molar-refractivity contribution in [3.05, 3.63) is 229 Å². The van der Waals surface area contributed by atoms with E-state index in [0.29, 0.717) is 22.0 Å². The molecule has 4 heterocycles. The van der Waals surface area contributed by atoms with Crippen molar-refractivity contribution in [3.8, 4) is 56.7 Å². The third-order valence-electron chi connectivity index (χ3n) is 11.4. The molecule has 8 heteroatoms. The molecule has 0 saturated carbocycles. The van der Waals surface area contributed by atoms with Crippen LogP contribution >= 0.6 is 23.2 Å². The number of rotatable bonds is 6. The number of hydrogen-bond acceptors (Lipinski definition) is 4. The van der Waals surface area contributed by atoms with Crippen LogP contribution in [-0.4, -0.2) is 29.1 Å². The van der Waals surface area contributed by atoms with Gasteiger partial charge >= 0.3 is 0 Å². The fourth-order valence-electron chi connectivity index (χ4n) is 8.57. The van der Waals surface area contributed by atoms with Gasteiger partial charge in [0.25, 0.3) is 0 Å². The number of halogens is 2. The number of fused-ring (bicyclic) bond motifs is 6. The third-order valence-corrected chi connectivity index (χ3v) is 11.8. The van der Waals surface area contributed by atoms with Gasteiger partial charge in [-0.3, -0.25) is 0 Å². The van der Waals surface area contributed by atoms with Crippen molar-refractivity contribution in [1.82, 2.24) is 29.1 Å². The lowest BCUT2D eigenvalue weighted by Crippen LogP contribution is -1.96. The Bertz CT molecular complexity index is 3310. The van der Waals surface area contributed by atoms with E-state index < -0.39 is 0 Å². The molecule has 12 rings (SSSR count). The zero-order chi connectivity index (χ0) is 43.0. The molecule has 0 spiro atoms. The second-order valence-electron chi connectivity index (χ2n) is 15.4. The van der Waals surface area contributed by atoms with Crippen molar-refractivity contribution in [2.45, 2.75) is 0 Å². The predicted molar refractivity (Wildman–Crippen MR) is 265 cm³/mol. The maximum absolute atomic E-state index is 6.39. The summed E-state index contributed by atoms with van der Waals surface area (Å²) in [7, 11) is 0. The fourth-order valence-corrected chi connectivity index (χ4v) is 8.94. The Labute approximate surface area is 379 Å². The van der Waals surface area contributed by atoms with Crippen LogP contribution in [0.15, 0.2) is 218 Å². The minimum atomic E-state index is 0.427. The molecule has 304 valence electrons. The molecule has 12 aromatic rings. The predicted octanol–water partition coefficient (Wildman–Crippen LogP) is 15.1. The van der Waals surface area contributed by atoms with Gasteiger partial charge in [0, 0.05) is 67.3 Å². The normalized spacial score (nSPS) is 11.3. The molecule has 64 heavy (non-hydrogen) atoms. The standard InChI is InChI=1S/2C28H18ClN3/c2*29-27-18-24(30-28(31-27)19-9-2-1-3-10-19)20-11-8-12-21(17-20)32-25-15-6-4-13-22(25)23-14-5-7-16-26(23)32/h2*1-18H. The zero-order valence-corrected chi connectivity index (χ0v) is 35.7. The van der Waals surface area contributed by atoms with Crippen LogP contribution in [0.4, 0.5) is 0 Å². The molecule has 0 amide bonds. The van der Waals surface area contributed by atoms with E-state index in [0.717, 1.165) is 45.0 Å². The molecule has 4 aromatic heterocycles. The Morgan fingerprint density at radius 2 is 0.594 bits per heavy atom. The Morgan fingerprint density at radius 1 is 0.281 bits per heavy atom. The molecule has 8 aromatic carbocycles. The fraction of sp³-hybridized carbons (Fsp3) is 0. The number of nitrogens with zero attached hydrogens (tertiary/aromatic N) is 6. The van der Waals surface area contributed by atoms with Crippen LogP contribution in [-0.2, 0) is 0 Å². The van der Waals surface area contributed by atoms with E-state index in [1.165, 1.54) is 43.6 Å². The molecule has 0 aliphatic carbocycles. The summed E-state index contributed by atoms with van der Waals surface area (Å²) in [5.41, 5.74) is 12.3. The van der Waals surface area contributed by atoms with Gasteiger partial charge in [-0.25, -0.2) is 19.9 Å². The lowest BCUT2D eigenvalue weighted by atomic mass is 10.1. The highest BCUT2D eigenvalue weighted by atomic mass is 35.5. The summed E-state index contributed by atoms with van der Waals surface area (Å²) in [6.45, 7) is 0. The summed E-state index contributed by atoms with van der Waals surface area (Å²) in [6.07, 6.45) is 0. The second kappa shape index (κ2) is 16.8. The Hall–Kier alpha value is -7.90. The van der Waals surface area contributed by atoms with E-state index in [4.69, 9.17) is 33.2 Å². The van der Waals surface area contributed by atoms with Gasteiger partial charge in [-0.2, -0.15) is 0 Å². The first-order valence-electron chi connectivity index (χ1n) is 20.9. The minimum Gasteiger partial charge on any atom is -0.309 e. The van der Waals surface area contributed by atoms with Gasteiger partial charge in [0.05, 0.1) is 33.5 Å². The number of hydrogen-bond donors (Lipinski definition) is 0. The topological polar surface area (TPSA) is 61.4 Å². The first-order chi connectivity index (χ1) is 31.6. The smallest absolute Gasteiger partial charge is 0.161 e. The Morgan fingerprint density at radius 3 is 0.953 bits per heavy atom. The number of benzene rings is 8. The molecule has 0 atom stereocenters. The van der Waals surface area contributed by atoms with Gasteiger partial charge in [-0.05, 0) is 48.5 Å². The monoisotopic (exact) mass is 862 g/mol. The van der Waals surface area contributed by atoms with Gasteiger partial charge in [-0.1, -0.05) is 181 Å². The highest BCUT2D eigenvalue weighted by Gasteiger charge is 2.16. The molecule has 0 saturated heterocycles. The Kier molecular flexibility index (Phi) is 10.2. The van der Waals surface area contributed by atoms with Gasteiger partial charge in [-0.15, -0.1) is 0 Å². The summed E-state index contributed by atoms with van der Waals surface area (Å²) < 4.78 is 4.60. The molecule has 0 aliphatic heterocycles. The van der Waals surface area contributed by atoms with E-state index in [1.807, 2.05) is 72.8 Å². The molecular formula is C56H36Cl2N6. The van der Waals surface area contributed by atoms with Gasteiger partial charge in [0.2, 0.25) is 0 Å². The molecule has 0 radical (unpaired) electrons. The molecule has 0 fully saturated rings. The maximum Gasteiger partial charge on any atom is 0.161 e. The summed E-state index contributed by atoms with van der Waals surface area (Å²) in [5, 5.41) is 5.82. The first-order valence-corrected chi connectivity index (χ1v) is 21.7. The lowest BCUT2D eigenvalue weighted by Gasteiger charge is -2.11. The molecule has 0 bridgehead atoms. The van der Waals surface area contributed by atoms with Crippen LogP contribution < -0.4 is 0 Å². The SMILES string of the molecule is Clc1cc(-c2cccc(-n3c4ccccc4c4ccccc43)c2)nc(-c2ccccc2)n1.Clc1cc(-c2cccc(-n3c4ccccc4c4ccccc43)c2)nc(-c2ccccc2)n1. The van der Waals surface area contributed by atoms with E-state index in [-0.39, 0.29) is 0 Å².